The quantitative estimate of drug-likeness (QED) is 0.789. The number of hydrogen-bond donors (Lipinski definition) is 1. The number of aliphatic hydroxyl groups is 1. The van der Waals surface area contributed by atoms with Crippen molar-refractivity contribution in [3.63, 3.8) is 0 Å². The van der Waals surface area contributed by atoms with Crippen LogP contribution in [0.2, 0.25) is 0 Å². The number of benzene rings is 1. The Morgan fingerprint density at radius 2 is 2.18 bits per heavy atom. The number of anilines is 1. The van der Waals surface area contributed by atoms with Crippen molar-refractivity contribution >= 4 is 22.4 Å². The lowest BCUT2D eigenvalue weighted by Gasteiger charge is -2.33. The van der Waals surface area contributed by atoms with Gasteiger partial charge >= 0.3 is 0 Å². The van der Waals surface area contributed by atoms with Crippen LogP contribution in [-0.2, 0) is 0 Å². The third-order valence-corrected chi connectivity index (χ3v) is 4.48. The summed E-state index contributed by atoms with van der Waals surface area (Å²) in [6, 6.07) is 10.3. The first-order valence-corrected chi connectivity index (χ1v) is 7.87. The molecule has 1 aliphatic rings. The van der Waals surface area contributed by atoms with Crippen LogP contribution in [0.5, 0.6) is 0 Å². The molecule has 1 saturated heterocycles. The fourth-order valence-electron chi connectivity index (χ4n) is 3.41. The van der Waals surface area contributed by atoms with Crippen LogP contribution in [0.1, 0.15) is 18.5 Å². The van der Waals surface area contributed by atoms with Crippen molar-refractivity contribution in [3.05, 3.63) is 36.0 Å². The maximum atomic E-state index is 9.48. The Morgan fingerprint density at radius 3 is 3.05 bits per heavy atom. The molecule has 1 fully saturated rings. The summed E-state index contributed by atoms with van der Waals surface area (Å²) < 4.78 is 1.92. The highest BCUT2D eigenvalue weighted by Crippen LogP contribution is 2.29. The first-order valence-electron chi connectivity index (χ1n) is 7.87. The third kappa shape index (κ3) is 2.13. The molecule has 2 aromatic heterocycles. The van der Waals surface area contributed by atoms with Crippen molar-refractivity contribution in [1.29, 1.82) is 0 Å². The minimum atomic E-state index is 0.252. The fraction of sp³-hybridized carbons (Fsp3) is 0.412. The van der Waals surface area contributed by atoms with E-state index in [4.69, 9.17) is 4.98 Å². The number of aromatic nitrogens is 3. The van der Waals surface area contributed by atoms with Crippen molar-refractivity contribution in [2.45, 2.75) is 19.8 Å². The number of aliphatic hydroxyl groups excluding tert-OH is 1. The lowest BCUT2D eigenvalue weighted by Crippen LogP contribution is -2.37. The minimum absolute atomic E-state index is 0.252. The number of nitrogens with zero attached hydrogens (tertiary/aromatic N) is 4. The maximum absolute atomic E-state index is 9.48. The molecule has 0 radical (unpaired) electrons. The van der Waals surface area contributed by atoms with Gasteiger partial charge in [0.15, 0.2) is 5.65 Å². The van der Waals surface area contributed by atoms with Gasteiger partial charge in [0.25, 0.3) is 0 Å². The molecular weight excluding hydrogens is 276 g/mol. The second kappa shape index (κ2) is 5.25. The zero-order valence-corrected chi connectivity index (χ0v) is 12.7. The molecule has 0 amide bonds. The van der Waals surface area contributed by atoms with E-state index >= 15 is 0 Å². The maximum Gasteiger partial charge on any atom is 0.158 e. The highest BCUT2D eigenvalue weighted by atomic mass is 16.3. The van der Waals surface area contributed by atoms with Crippen LogP contribution in [0.4, 0.5) is 5.82 Å². The van der Waals surface area contributed by atoms with Gasteiger partial charge in [-0.2, -0.15) is 5.10 Å². The molecule has 1 aromatic carbocycles. The summed E-state index contributed by atoms with van der Waals surface area (Å²) in [6.07, 6.45) is 2.20. The van der Waals surface area contributed by atoms with Crippen molar-refractivity contribution < 1.29 is 5.11 Å². The molecule has 22 heavy (non-hydrogen) atoms. The van der Waals surface area contributed by atoms with Crippen LogP contribution in [0.25, 0.3) is 16.6 Å². The van der Waals surface area contributed by atoms with Crippen LogP contribution in [0, 0.1) is 12.8 Å². The predicted molar refractivity (Wildman–Crippen MR) is 87.3 cm³/mol. The average molecular weight is 296 g/mol. The second-order valence-corrected chi connectivity index (χ2v) is 6.15. The zero-order valence-electron chi connectivity index (χ0n) is 12.7. The molecule has 0 saturated carbocycles. The first kappa shape index (κ1) is 13.5. The third-order valence-electron chi connectivity index (χ3n) is 4.48. The lowest BCUT2D eigenvalue weighted by atomic mass is 9.99. The van der Waals surface area contributed by atoms with E-state index in [0.29, 0.717) is 5.92 Å². The van der Waals surface area contributed by atoms with Crippen molar-refractivity contribution in [2.24, 2.45) is 5.92 Å². The Balaban J connectivity index is 1.91. The number of hydrogen-bond acceptors (Lipinski definition) is 4. The summed E-state index contributed by atoms with van der Waals surface area (Å²) in [6.45, 7) is 4.11. The number of piperidine rings is 1. The molecule has 0 aliphatic carbocycles. The van der Waals surface area contributed by atoms with Crippen LogP contribution in [0.3, 0.4) is 0 Å². The second-order valence-electron chi connectivity index (χ2n) is 6.15. The Labute approximate surface area is 129 Å². The van der Waals surface area contributed by atoms with E-state index < -0.39 is 0 Å². The largest absolute Gasteiger partial charge is 0.396 e. The Bertz CT molecular complexity index is 826. The normalized spacial score (nSPS) is 19.2. The summed E-state index contributed by atoms with van der Waals surface area (Å²) >= 11 is 0. The SMILES string of the molecule is Cc1cc2nc(N3CCCC(CO)C3)c3ccccc3n2n1. The lowest BCUT2D eigenvalue weighted by molar-refractivity contribution is 0.208. The van der Waals surface area contributed by atoms with Gasteiger partial charge in [0.2, 0.25) is 0 Å². The monoisotopic (exact) mass is 296 g/mol. The number of fused-ring (bicyclic) bond motifs is 3. The number of para-hydroxylation sites is 1. The van der Waals surface area contributed by atoms with Crippen molar-refractivity contribution in [1.82, 2.24) is 14.6 Å². The molecule has 3 heterocycles. The highest BCUT2D eigenvalue weighted by Gasteiger charge is 2.22. The number of rotatable bonds is 2. The van der Waals surface area contributed by atoms with Gasteiger partial charge in [0, 0.05) is 31.1 Å². The topological polar surface area (TPSA) is 53.7 Å². The Kier molecular flexibility index (Phi) is 3.22. The molecule has 1 aliphatic heterocycles. The molecule has 1 N–H and O–H groups in total. The molecule has 0 spiro atoms. The van der Waals surface area contributed by atoms with E-state index in [1.165, 1.54) is 0 Å². The van der Waals surface area contributed by atoms with Crippen molar-refractivity contribution in [2.75, 3.05) is 24.6 Å². The van der Waals surface area contributed by atoms with E-state index in [-0.39, 0.29) is 6.61 Å². The van der Waals surface area contributed by atoms with E-state index in [2.05, 4.69) is 22.1 Å². The summed E-state index contributed by atoms with van der Waals surface area (Å²) in [5.74, 6) is 1.36. The van der Waals surface area contributed by atoms with Gasteiger partial charge in [-0.1, -0.05) is 12.1 Å². The van der Waals surface area contributed by atoms with Crippen LogP contribution in [0.15, 0.2) is 30.3 Å². The fourth-order valence-corrected chi connectivity index (χ4v) is 3.41. The van der Waals surface area contributed by atoms with Crippen LogP contribution >= 0.6 is 0 Å². The summed E-state index contributed by atoms with van der Waals surface area (Å²) in [5.41, 5.74) is 2.95. The predicted octanol–water partition coefficient (Wildman–Crippen LogP) is 2.40. The smallest absolute Gasteiger partial charge is 0.158 e. The molecule has 5 heteroatoms. The molecular formula is C17H20N4O. The van der Waals surface area contributed by atoms with Crippen LogP contribution in [-0.4, -0.2) is 39.4 Å². The average Bonchev–Trinajstić information content (AvgIpc) is 2.94. The highest BCUT2D eigenvalue weighted by molar-refractivity contribution is 5.91. The molecule has 5 nitrogen and oxygen atoms in total. The van der Waals surface area contributed by atoms with Crippen molar-refractivity contribution in [3.8, 4) is 0 Å². The van der Waals surface area contributed by atoms with Gasteiger partial charge < -0.3 is 10.0 Å². The van der Waals surface area contributed by atoms with Gasteiger partial charge in [-0.25, -0.2) is 9.50 Å². The van der Waals surface area contributed by atoms with Crippen LogP contribution < -0.4 is 4.90 Å². The molecule has 1 atom stereocenters. The summed E-state index contributed by atoms with van der Waals surface area (Å²) in [5, 5.41) is 15.2. The summed E-state index contributed by atoms with van der Waals surface area (Å²) in [4.78, 5) is 7.18. The van der Waals surface area contributed by atoms with Gasteiger partial charge in [-0.15, -0.1) is 0 Å². The molecule has 1 unspecified atom stereocenters. The number of aryl methyl sites for hydroxylation is 1. The summed E-state index contributed by atoms with van der Waals surface area (Å²) in [7, 11) is 0. The molecule has 114 valence electrons. The Hall–Kier alpha value is -2.14. The van der Waals surface area contributed by atoms with Gasteiger partial charge in [0.1, 0.15) is 5.82 Å². The first-order chi connectivity index (χ1) is 10.8. The standard InChI is InChI=1S/C17H20N4O/c1-12-9-16-18-17(20-8-4-5-13(10-20)11-22)14-6-2-3-7-15(14)21(16)19-12/h2-3,6-7,9,13,22H,4-5,8,10-11H2,1H3. The van der Waals surface area contributed by atoms with E-state index in [1.807, 2.05) is 29.6 Å². The van der Waals surface area contributed by atoms with E-state index in [1.54, 1.807) is 0 Å². The Morgan fingerprint density at radius 1 is 1.32 bits per heavy atom. The van der Waals surface area contributed by atoms with Gasteiger partial charge in [0.05, 0.1) is 11.2 Å². The molecule has 4 rings (SSSR count). The van der Waals surface area contributed by atoms with Gasteiger partial charge in [-0.3, -0.25) is 0 Å². The molecule has 3 aromatic rings. The van der Waals surface area contributed by atoms with Gasteiger partial charge in [-0.05, 0) is 37.8 Å². The van der Waals surface area contributed by atoms with E-state index in [0.717, 1.165) is 54.0 Å². The minimum Gasteiger partial charge on any atom is -0.396 e. The van der Waals surface area contributed by atoms with E-state index in [9.17, 15) is 5.11 Å². The molecule has 0 bridgehead atoms. The zero-order chi connectivity index (χ0) is 15.1.